The van der Waals surface area contributed by atoms with Crippen molar-refractivity contribution >= 4 is 22.6 Å². The molecule has 0 saturated carbocycles. The number of fused-ring (bicyclic) bond motifs is 1. The lowest BCUT2D eigenvalue weighted by Gasteiger charge is -2.06. The van der Waals surface area contributed by atoms with Crippen LogP contribution in [-0.2, 0) is 11.2 Å². The number of carboxylic acid groups (broad SMARTS) is 1. The third kappa shape index (κ3) is 3.09. The first-order chi connectivity index (χ1) is 11.9. The monoisotopic (exact) mass is 339 g/mol. The summed E-state index contributed by atoms with van der Waals surface area (Å²) in [6.45, 7) is 1.94. The van der Waals surface area contributed by atoms with Crippen molar-refractivity contribution in [1.29, 1.82) is 0 Å². The molecule has 0 aliphatic heterocycles. The number of non-ortho nitro benzene ring substituents is 1. The number of hydrogen-bond donors (Lipinski definition) is 2. The Balaban J connectivity index is 2.28. The van der Waals surface area contributed by atoms with Gasteiger partial charge in [-0.1, -0.05) is 24.3 Å². The maximum atomic E-state index is 11.5. The number of carbonyl (C=O) groups is 1. The SMILES string of the molecule is Cc1cccc(-n2cc(CC(N)C(=O)O)c3cccc([N+](=O)[O-])c32)c1. The van der Waals surface area contributed by atoms with Gasteiger partial charge < -0.3 is 15.4 Å². The molecule has 1 heterocycles. The predicted molar refractivity (Wildman–Crippen MR) is 94.0 cm³/mol. The summed E-state index contributed by atoms with van der Waals surface area (Å²) in [5.74, 6) is -1.11. The van der Waals surface area contributed by atoms with Crippen LogP contribution in [0.4, 0.5) is 5.69 Å². The Morgan fingerprint density at radius 2 is 2.04 bits per heavy atom. The van der Waals surface area contributed by atoms with Gasteiger partial charge >= 0.3 is 5.97 Å². The first-order valence-corrected chi connectivity index (χ1v) is 7.71. The summed E-state index contributed by atoms with van der Waals surface area (Å²) in [6, 6.07) is 11.3. The van der Waals surface area contributed by atoms with E-state index in [0.717, 1.165) is 11.3 Å². The molecule has 1 atom stereocenters. The Bertz CT molecular complexity index is 978. The summed E-state index contributed by atoms with van der Waals surface area (Å²) >= 11 is 0. The molecule has 2 aromatic carbocycles. The van der Waals surface area contributed by atoms with Crippen molar-refractivity contribution in [2.24, 2.45) is 5.73 Å². The number of nitrogens with two attached hydrogens (primary N) is 1. The van der Waals surface area contributed by atoms with E-state index in [9.17, 15) is 14.9 Å². The summed E-state index contributed by atoms with van der Waals surface area (Å²) in [4.78, 5) is 22.1. The Morgan fingerprint density at radius 3 is 2.68 bits per heavy atom. The molecule has 3 rings (SSSR count). The van der Waals surface area contributed by atoms with Crippen molar-refractivity contribution in [3.05, 3.63) is 69.9 Å². The molecule has 128 valence electrons. The highest BCUT2D eigenvalue weighted by Gasteiger charge is 2.22. The highest BCUT2D eigenvalue weighted by molar-refractivity contribution is 5.93. The number of rotatable bonds is 5. The second-order valence-corrected chi connectivity index (χ2v) is 5.94. The Hall–Kier alpha value is -3.19. The minimum Gasteiger partial charge on any atom is -0.480 e. The molecule has 0 radical (unpaired) electrons. The highest BCUT2D eigenvalue weighted by Crippen LogP contribution is 2.32. The lowest BCUT2D eigenvalue weighted by Crippen LogP contribution is -2.32. The van der Waals surface area contributed by atoms with Gasteiger partial charge in [-0.3, -0.25) is 14.9 Å². The maximum absolute atomic E-state index is 11.5. The molecule has 3 aromatic rings. The number of benzene rings is 2. The van der Waals surface area contributed by atoms with E-state index in [1.807, 2.05) is 31.2 Å². The summed E-state index contributed by atoms with van der Waals surface area (Å²) < 4.78 is 1.73. The van der Waals surface area contributed by atoms with E-state index in [1.165, 1.54) is 6.07 Å². The topological polar surface area (TPSA) is 111 Å². The fraction of sp³-hybridized carbons (Fsp3) is 0.167. The average molecular weight is 339 g/mol. The number of aromatic nitrogens is 1. The lowest BCUT2D eigenvalue weighted by atomic mass is 10.1. The van der Waals surface area contributed by atoms with Gasteiger partial charge in [0.25, 0.3) is 5.69 Å². The van der Waals surface area contributed by atoms with Gasteiger partial charge in [-0.15, -0.1) is 0 Å². The lowest BCUT2D eigenvalue weighted by molar-refractivity contribution is -0.383. The molecule has 1 unspecified atom stereocenters. The largest absolute Gasteiger partial charge is 0.480 e. The van der Waals surface area contributed by atoms with Crippen molar-refractivity contribution in [2.75, 3.05) is 0 Å². The first-order valence-electron chi connectivity index (χ1n) is 7.71. The third-order valence-corrected chi connectivity index (χ3v) is 4.12. The molecule has 3 N–H and O–H groups in total. The normalized spacial score (nSPS) is 12.2. The summed E-state index contributed by atoms with van der Waals surface area (Å²) in [5.41, 5.74) is 8.52. The first kappa shape index (κ1) is 16.7. The van der Waals surface area contributed by atoms with E-state index >= 15 is 0 Å². The Morgan fingerprint density at radius 1 is 1.32 bits per heavy atom. The van der Waals surface area contributed by atoms with E-state index in [0.29, 0.717) is 16.5 Å². The molecule has 0 saturated heterocycles. The van der Waals surface area contributed by atoms with Gasteiger partial charge in [0, 0.05) is 29.8 Å². The minimum absolute atomic E-state index is 0.0332. The molecule has 0 amide bonds. The van der Waals surface area contributed by atoms with Crippen molar-refractivity contribution in [1.82, 2.24) is 4.57 Å². The van der Waals surface area contributed by atoms with Gasteiger partial charge in [0.1, 0.15) is 11.6 Å². The Labute approximate surface area is 143 Å². The van der Waals surface area contributed by atoms with Crippen LogP contribution in [0.15, 0.2) is 48.7 Å². The molecule has 7 nitrogen and oxygen atoms in total. The Kier molecular flexibility index (Phi) is 4.24. The molecule has 0 aliphatic rings. The zero-order valence-corrected chi connectivity index (χ0v) is 13.5. The van der Waals surface area contributed by atoms with Crippen molar-refractivity contribution in [3.63, 3.8) is 0 Å². The van der Waals surface area contributed by atoms with Gasteiger partial charge in [-0.05, 0) is 30.2 Å². The minimum atomic E-state index is -1.11. The van der Waals surface area contributed by atoms with E-state index in [-0.39, 0.29) is 12.1 Å². The van der Waals surface area contributed by atoms with E-state index in [1.54, 1.807) is 22.9 Å². The molecule has 0 aliphatic carbocycles. The molecule has 25 heavy (non-hydrogen) atoms. The fourth-order valence-corrected chi connectivity index (χ4v) is 2.95. The number of nitro benzene ring substituents is 1. The fourth-order valence-electron chi connectivity index (χ4n) is 2.95. The highest BCUT2D eigenvalue weighted by atomic mass is 16.6. The van der Waals surface area contributed by atoms with Gasteiger partial charge in [0.2, 0.25) is 0 Å². The number of hydrogen-bond acceptors (Lipinski definition) is 4. The van der Waals surface area contributed by atoms with Crippen LogP contribution < -0.4 is 5.73 Å². The maximum Gasteiger partial charge on any atom is 0.320 e. The molecule has 0 spiro atoms. The van der Waals surface area contributed by atoms with E-state index < -0.39 is 16.9 Å². The average Bonchev–Trinajstić information content (AvgIpc) is 2.93. The van der Waals surface area contributed by atoms with E-state index in [2.05, 4.69) is 0 Å². The number of aliphatic carboxylic acids is 1. The van der Waals surface area contributed by atoms with Crippen LogP contribution >= 0.6 is 0 Å². The van der Waals surface area contributed by atoms with Crippen LogP contribution in [0.3, 0.4) is 0 Å². The van der Waals surface area contributed by atoms with Gasteiger partial charge in [0.15, 0.2) is 0 Å². The zero-order valence-electron chi connectivity index (χ0n) is 13.5. The number of carboxylic acids is 1. The molecular formula is C18H17N3O4. The summed E-state index contributed by atoms with van der Waals surface area (Å²) in [5, 5.41) is 21.2. The molecule has 7 heteroatoms. The summed E-state index contributed by atoms with van der Waals surface area (Å²) in [6.07, 6.45) is 1.82. The van der Waals surface area contributed by atoms with Crippen LogP contribution in [0.1, 0.15) is 11.1 Å². The van der Waals surface area contributed by atoms with Crippen LogP contribution in [0.5, 0.6) is 0 Å². The van der Waals surface area contributed by atoms with Gasteiger partial charge in [0.05, 0.1) is 4.92 Å². The zero-order chi connectivity index (χ0) is 18.1. The summed E-state index contributed by atoms with van der Waals surface area (Å²) in [7, 11) is 0. The third-order valence-electron chi connectivity index (χ3n) is 4.12. The second kappa shape index (κ2) is 6.37. The van der Waals surface area contributed by atoms with E-state index in [4.69, 9.17) is 10.8 Å². The van der Waals surface area contributed by atoms with Gasteiger partial charge in [-0.25, -0.2) is 0 Å². The molecule has 1 aromatic heterocycles. The second-order valence-electron chi connectivity index (χ2n) is 5.94. The number of nitrogens with zero attached hydrogens (tertiary/aromatic N) is 2. The van der Waals surface area contributed by atoms with Crippen LogP contribution in [0.2, 0.25) is 0 Å². The number of nitro groups is 1. The van der Waals surface area contributed by atoms with Crippen molar-refractivity contribution < 1.29 is 14.8 Å². The van der Waals surface area contributed by atoms with Crippen molar-refractivity contribution in [3.8, 4) is 5.69 Å². The van der Waals surface area contributed by atoms with Crippen molar-refractivity contribution in [2.45, 2.75) is 19.4 Å². The quantitative estimate of drug-likeness (QED) is 0.548. The molecule has 0 fully saturated rings. The molecular weight excluding hydrogens is 322 g/mol. The van der Waals surface area contributed by atoms with Crippen LogP contribution in [-0.4, -0.2) is 26.6 Å². The van der Waals surface area contributed by atoms with Crippen LogP contribution in [0, 0.1) is 17.0 Å². The van der Waals surface area contributed by atoms with Crippen LogP contribution in [0.25, 0.3) is 16.6 Å². The standard InChI is InChI=1S/C18H17N3O4/c1-11-4-2-5-13(8-11)20-10-12(9-15(19)18(22)23)14-6-3-7-16(17(14)20)21(24)25/h2-8,10,15H,9,19H2,1H3,(H,22,23). The number of para-hydroxylation sites is 1. The molecule has 0 bridgehead atoms. The predicted octanol–water partition coefficient (Wildman–Crippen LogP) is 2.80. The smallest absolute Gasteiger partial charge is 0.320 e. The van der Waals surface area contributed by atoms with Gasteiger partial charge in [-0.2, -0.15) is 0 Å². The number of aryl methyl sites for hydroxylation is 1.